The normalized spacial score (nSPS) is 17.2. The summed E-state index contributed by atoms with van der Waals surface area (Å²) in [7, 11) is 0. The predicted octanol–water partition coefficient (Wildman–Crippen LogP) is 4.74. The highest BCUT2D eigenvalue weighted by atomic mass is 32.1. The van der Waals surface area contributed by atoms with Crippen LogP contribution in [0.1, 0.15) is 64.9 Å². The molecule has 28 heavy (non-hydrogen) atoms. The molecule has 1 aromatic carbocycles. The van der Waals surface area contributed by atoms with Gasteiger partial charge in [0, 0.05) is 12.0 Å². The van der Waals surface area contributed by atoms with Crippen molar-refractivity contribution < 1.29 is 14.3 Å². The number of likely N-dealkylation sites (tertiary alicyclic amines) is 1. The summed E-state index contributed by atoms with van der Waals surface area (Å²) >= 11 is 5.49. The number of benzene rings is 1. The van der Waals surface area contributed by atoms with Crippen molar-refractivity contribution in [1.29, 1.82) is 0 Å². The Morgan fingerprint density at radius 1 is 1.18 bits per heavy atom. The Bertz CT molecular complexity index is 672. The summed E-state index contributed by atoms with van der Waals surface area (Å²) in [6.45, 7) is 6.72. The first-order chi connectivity index (χ1) is 13.4. The van der Waals surface area contributed by atoms with Crippen molar-refractivity contribution in [2.24, 2.45) is 5.41 Å². The van der Waals surface area contributed by atoms with Crippen LogP contribution in [-0.2, 0) is 20.7 Å². The van der Waals surface area contributed by atoms with Gasteiger partial charge in [-0.05, 0) is 62.7 Å². The molecule has 1 aromatic rings. The largest absolute Gasteiger partial charge is 0.485 e. The van der Waals surface area contributed by atoms with Gasteiger partial charge in [0.25, 0.3) is 5.91 Å². The van der Waals surface area contributed by atoms with Gasteiger partial charge in [-0.1, -0.05) is 51.1 Å². The van der Waals surface area contributed by atoms with E-state index in [2.05, 4.69) is 24.3 Å². The predicted molar refractivity (Wildman–Crippen MR) is 116 cm³/mol. The van der Waals surface area contributed by atoms with Crippen molar-refractivity contribution in [3.63, 3.8) is 0 Å². The van der Waals surface area contributed by atoms with E-state index in [1.165, 1.54) is 5.56 Å². The molecule has 1 unspecified atom stereocenters. The van der Waals surface area contributed by atoms with E-state index in [-0.39, 0.29) is 11.8 Å². The molecule has 4 nitrogen and oxygen atoms in total. The minimum Gasteiger partial charge on any atom is -0.485 e. The molecule has 2 rings (SSSR count). The molecule has 1 heterocycles. The zero-order chi connectivity index (χ0) is 20.6. The molecule has 5 heteroatoms. The smallest absolute Gasteiger partial charge is 0.291 e. The molecule has 0 aromatic heterocycles. The van der Waals surface area contributed by atoms with Crippen LogP contribution < -0.4 is 0 Å². The van der Waals surface area contributed by atoms with Gasteiger partial charge in [-0.2, -0.15) is 0 Å². The van der Waals surface area contributed by atoms with E-state index < -0.39 is 11.3 Å². The highest BCUT2D eigenvalue weighted by Crippen LogP contribution is 2.26. The Morgan fingerprint density at radius 2 is 1.89 bits per heavy atom. The van der Waals surface area contributed by atoms with E-state index in [0.29, 0.717) is 24.6 Å². The van der Waals surface area contributed by atoms with Crippen molar-refractivity contribution in [3.05, 3.63) is 35.9 Å². The summed E-state index contributed by atoms with van der Waals surface area (Å²) in [6.07, 6.45) is 6.28. The van der Waals surface area contributed by atoms with Crippen molar-refractivity contribution in [3.8, 4) is 0 Å². The van der Waals surface area contributed by atoms with Gasteiger partial charge in [0.15, 0.2) is 5.05 Å². The number of nitrogens with zero attached hydrogens (tertiary/aromatic N) is 1. The molecule has 1 aliphatic heterocycles. The third-order valence-corrected chi connectivity index (χ3v) is 6.07. The fraction of sp³-hybridized carbons (Fsp3) is 0.609. The average molecular weight is 404 g/mol. The van der Waals surface area contributed by atoms with Crippen LogP contribution in [0.25, 0.3) is 0 Å². The highest BCUT2D eigenvalue weighted by molar-refractivity contribution is 7.80. The number of carbonyl (C=O) groups is 2. The quantitative estimate of drug-likeness (QED) is 0.339. The van der Waals surface area contributed by atoms with Crippen LogP contribution in [0.15, 0.2) is 30.3 Å². The zero-order valence-electron chi connectivity index (χ0n) is 17.4. The standard InChI is InChI=1S/C23H33NO3S/c1-4-23(2,3)20(25)21(26)24-16-10-8-15-19(24)22(28)27-17-11-9-14-18-12-6-5-7-13-18/h5-7,12-13,19H,4,8-11,14-17H2,1-3H3. The Hall–Kier alpha value is -1.75. The number of amides is 1. The van der Waals surface area contributed by atoms with Crippen LogP contribution in [-0.4, -0.2) is 40.8 Å². The number of ether oxygens (including phenoxy) is 1. The molecule has 0 bridgehead atoms. The van der Waals surface area contributed by atoms with Gasteiger partial charge in [-0.15, -0.1) is 0 Å². The molecule has 1 atom stereocenters. The number of Topliss-reactive ketones (excluding diaryl/α,β-unsaturated/α-hetero) is 1. The van der Waals surface area contributed by atoms with Crippen LogP contribution in [0.5, 0.6) is 0 Å². The maximum Gasteiger partial charge on any atom is 0.291 e. The van der Waals surface area contributed by atoms with Gasteiger partial charge in [0.05, 0.1) is 6.61 Å². The van der Waals surface area contributed by atoms with E-state index in [4.69, 9.17) is 17.0 Å². The maximum atomic E-state index is 12.8. The molecular formula is C23H33NO3S. The molecule has 0 saturated carbocycles. The number of hydrogen-bond donors (Lipinski definition) is 0. The van der Waals surface area contributed by atoms with E-state index in [1.54, 1.807) is 4.90 Å². The van der Waals surface area contributed by atoms with E-state index in [9.17, 15) is 9.59 Å². The number of hydrogen-bond acceptors (Lipinski definition) is 4. The lowest BCUT2D eigenvalue weighted by Crippen LogP contribution is -2.52. The minimum absolute atomic E-state index is 0.262. The summed E-state index contributed by atoms with van der Waals surface area (Å²) in [4.78, 5) is 27.1. The van der Waals surface area contributed by atoms with Crippen LogP contribution >= 0.6 is 12.2 Å². The molecule has 0 spiro atoms. The zero-order valence-corrected chi connectivity index (χ0v) is 18.2. The Labute approximate surface area is 174 Å². The van der Waals surface area contributed by atoms with Gasteiger partial charge in [0.2, 0.25) is 5.78 Å². The Balaban J connectivity index is 1.84. The van der Waals surface area contributed by atoms with E-state index in [0.717, 1.165) is 38.5 Å². The SMILES string of the molecule is CCC(C)(C)C(=O)C(=O)N1CCCCC1C(=S)OCCCCc1ccccc1. The summed E-state index contributed by atoms with van der Waals surface area (Å²) in [6, 6.07) is 10.1. The Kier molecular flexibility index (Phi) is 8.61. The van der Waals surface area contributed by atoms with Crippen molar-refractivity contribution in [2.75, 3.05) is 13.2 Å². The second kappa shape index (κ2) is 10.7. The van der Waals surface area contributed by atoms with Crippen LogP contribution in [0.2, 0.25) is 0 Å². The average Bonchev–Trinajstić information content (AvgIpc) is 2.73. The van der Waals surface area contributed by atoms with Crippen molar-refractivity contribution in [1.82, 2.24) is 4.90 Å². The lowest BCUT2D eigenvalue weighted by atomic mass is 9.84. The van der Waals surface area contributed by atoms with Gasteiger partial charge < -0.3 is 9.64 Å². The third-order valence-electron chi connectivity index (χ3n) is 5.68. The maximum absolute atomic E-state index is 12.8. The number of aryl methyl sites for hydroxylation is 1. The van der Waals surface area contributed by atoms with Gasteiger partial charge in [0.1, 0.15) is 6.04 Å². The lowest BCUT2D eigenvalue weighted by Gasteiger charge is -2.36. The molecule has 0 N–H and O–H groups in total. The first kappa shape index (κ1) is 22.5. The molecule has 1 amide bonds. The van der Waals surface area contributed by atoms with Gasteiger partial charge in [-0.25, -0.2) is 0 Å². The fourth-order valence-corrected chi connectivity index (χ4v) is 3.67. The van der Waals surface area contributed by atoms with E-state index >= 15 is 0 Å². The number of rotatable bonds is 9. The summed E-state index contributed by atoms with van der Waals surface area (Å²) in [5.74, 6) is -0.737. The second-order valence-corrected chi connectivity index (χ2v) is 8.59. The molecule has 0 aliphatic carbocycles. The number of thiocarbonyl (C=S) groups is 1. The molecule has 0 radical (unpaired) electrons. The molecule has 1 fully saturated rings. The van der Waals surface area contributed by atoms with Crippen LogP contribution in [0.4, 0.5) is 0 Å². The van der Waals surface area contributed by atoms with Crippen molar-refractivity contribution >= 4 is 29.0 Å². The first-order valence-electron chi connectivity index (χ1n) is 10.4. The molecule has 1 saturated heterocycles. The topological polar surface area (TPSA) is 46.6 Å². The molecular weight excluding hydrogens is 370 g/mol. The first-order valence-corrected chi connectivity index (χ1v) is 10.8. The fourth-order valence-electron chi connectivity index (χ4n) is 3.34. The number of carbonyl (C=O) groups excluding carboxylic acids is 2. The second-order valence-electron chi connectivity index (χ2n) is 8.19. The van der Waals surface area contributed by atoms with Crippen LogP contribution in [0, 0.1) is 5.41 Å². The minimum atomic E-state index is -0.640. The van der Waals surface area contributed by atoms with Crippen LogP contribution in [0.3, 0.4) is 0 Å². The van der Waals surface area contributed by atoms with Gasteiger partial charge in [-0.3, -0.25) is 9.59 Å². The summed E-state index contributed by atoms with van der Waals surface area (Å²) < 4.78 is 5.82. The summed E-state index contributed by atoms with van der Waals surface area (Å²) in [5, 5.41) is 0.454. The third kappa shape index (κ3) is 6.13. The monoisotopic (exact) mass is 403 g/mol. The molecule has 1 aliphatic rings. The number of unbranched alkanes of at least 4 members (excludes halogenated alkanes) is 1. The van der Waals surface area contributed by atoms with Crippen molar-refractivity contribution in [2.45, 2.75) is 71.8 Å². The van der Waals surface area contributed by atoms with Gasteiger partial charge >= 0.3 is 0 Å². The highest BCUT2D eigenvalue weighted by Gasteiger charge is 2.39. The number of ketones is 1. The Morgan fingerprint density at radius 3 is 2.57 bits per heavy atom. The number of piperidine rings is 1. The summed E-state index contributed by atoms with van der Waals surface area (Å²) in [5.41, 5.74) is 0.685. The lowest BCUT2D eigenvalue weighted by molar-refractivity contribution is -0.150. The van der Waals surface area contributed by atoms with E-state index in [1.807, 2.05) is 26.8 Å². The molecule has 154 valence electrons.